The Morgan fingerprint density at radius 3 is 2.67 bits per heavy atom. The molecular formula is C18H22N2O4. The van der Waals surface area contributed by atoms with E-state index in [-0.39, 0.29) is 24.4 Å². The SMILES string of the molecule is CCC1(CC)C(=O)C(C)CN(N=Cc2ccc3c(c2)OCO3)C1=O. The van der Waals surface area contributed by atoms with E-state index >= 15 is 0 Å². The number of benzene rings is 1. The lowest BCUT2D eigenvalue weighted by atomic mass is 9.71. The summed E-state index contributed by atoms with van der Waals surface area (Å²) in [5.41, 5.74) is -0.126. The summed E-state index contributed by atoms with van der Waals surface area (Å²) < 4.78 is 10.6. The lowest BCUT2D eigenvalue weighted by Gasteiger charge is -2.40. The Labute approximate surface area is 141 Å². The molecule has 0 spiro atoms. The smallest absolute Gasteiger partial charge is 0.256 e. The zero-order chi connectivity index (χ0) is 17.3. The second-order valence-electron chi connectivity index (χ2n) is 6.30. The second-order valence-corrected chi connectivity index (χ2v) is 6.30. The molecule has 1 fully saturated rings. The minimum atomic E-state index is -0.941. The van der Waals surface area contributed by atoms with Crippen LogP contribution in [0.3, 0.4) is 0 Å². The number of nitrogens with zero attached hydrogens (tertiary/aromatic N) is 2. The number of carbonyl (C=O) groups excluding carboxylic acids is 2. The molecule has 1 amide bonds. The fourth-order valence-corrected chi connectivity index (χ4v) is 3.38. The first-order chi connectivity index (χ1) is 11.5. The van der Waals surface area contributed by atoms with Crippen molar-refractivity contribution in [3.63, 3.8) is 0 Å². The van der Waals surface area contributed by atoms with Gasteiger partial charge in [0.2, 0.25) is 6.79 Å². The highest BCUT2D eigenvalue weighted by atomic mass is 16.7. The Bertz CT molecular complexity index is 694. The molecule has 0 aromatic heterocycles. The molecule has 6 heteroatoms. The average molecular weight is 330 g/mol. The van der Waals surface area contributed by atoms with Crippen LogP contribution in [-0.2, 0) is 9.59 Å². The monoisotopic (exact) mass is 330 g/mol. The van der Waals surface area contributed by atoms with Crippen molar-refractivity contribution in [3.05, 3.63) is 23.8 Å². The van der Waals surface area contributed by atoms with Gasteiger partial charge < -0.3 is 9.47 Å². The Morgan fingerprint density at radius 1 is 1.25 bits per heavy atom. The summed E-state index contributed by atoms with van der Waals surface area (Å²) in [5.74, 6) is 0.997. The predicted octanol–water partition coefficient (Wildman–Crippen LogP) is 2.60. The first-order valence-electron chi connectivity index (χ1n) is 8.31. The first kappa shape index (κ1) is 16.5. The van der Waals surface area contributed by atoms with E-state index in [1.807, 2.05) is 39.0 Å². The number of piperidine rings is 1. The molecule has 3 rings (SSSR count). The number of carbonyl (C=O) groups is 2. The van der Waals surface area contributed by atoms with Crippen LogP contribution in [0.2, 0.25) is 0 Å². The van der Waals surface area contributed by atoms with E-state index in [0.29, 0.717) is 30.9 Å². The number of Topliss-reactive ketones (excluding diaryl/α,β-unsaturated/α-hetero) is 1. The zero-order valence-electron chi connectivity index (χ0n) is 14.2. The van der Waals surface area contributed by atoms with Crippen molar-refractivity contribution in [1.29, 1.82) is 0 Å². The third-order valence-corrected chi connectivity index (χ3v) is 4.96. The van der Waals surface area contributed by atoms with Gasteiger partial charge in [0.05, 0.1) is 12.8 Å². The molecule has 6 nitrogen and oxygen atoms in total. The maximum atomic E-state index is 12.8. The summed E-state index contributed by atoms with van der Waals surface area (Å²) in [4.78, 5) is 25.4. The van der Waals surface area contributed by atoms with E-state index < -0.39 is 5.41 Å². The Morgan fingerprint density at radius 2 is 1.96 bits per heavy atom. The van der Waals surface area contributed by atoms with Crippen LogP contribution in [0.15, 0.2) is 23.3 Å². The highest BCUT2D eigenvalue weighted by Gasteiger charge is 2.50. The number of ketones is 1. The van der Waals surface area contributed by atoms with Crippen molar-refractivity contribution in [3.8, 4) is 11.5 Å². The molecule has 2 aliphatic rings. The summed E-state index contributed by atoms with van der Waals surface area (Å²) in [5, 5.41) is 5.78. The van der Waals surface area contributed by atoms with Crippen molar-refractivity contribution in [2.45, 2.75) is 33.6 Å². The lowest BCUT2D eigenvalue weighted by Crippen LogP contribution is -2.55. The largest absolute Gasteiger partial charge is 0.454 e. The number of rotatable bonds is 4. The van der Waals surface area contributed by atoms with Crippen LogP contribution in [0, 0.1) is 11.3 Å². The molecule has 1 aromatic rings. The summed E-state index contributed by atoms with van der Waals surface area (Å²) in [6, 6.07) is 5.49. The number of amides is 1. The standard InChI is InChI=1S/C18H22N2O4/c1-4-18(5-2)16(21)12(3)10-20(17(18)22)19-9-13-6-7-14-15(8-13)24-11-23-14/h6-9,12H,4-5,10-11H2,1-3H3. The van der Waals surface area contributed by atoms with Gasteiger partial charge in [-0.15, -0.1) is 0 Å². The molecular weight excluding hydrogens is 308 g/mol. The van der Waals surface area contributed by atoms with Crippen LogP contribution in [0.4, 0.5) is 0 Å². The Hall–Kier alpha value is -2.37. The van der Waals surface area contributed by atoms with E-state index in [2.05, 4.69) is 5.10 Å². The third kappa shape index (κ3) is 2.56. The fourth-order valence-electron chi connectivity index (χ4n) is 3.38. The fraction of sp³-hybridized carbons (Fsp3) is 0.500. The molecule has 0 saturated carbocycles. The Kier molecular flexibility index (Phi) is 4.30. The molecule has 0 bridgehead atoms. The van der Waals surface area contributed by atoms with Crippen molar-refractivity contribution in [1.82, 2.24) is 5.01 Å². The summed E-state index contributed by atoms with van der Waals surface area (Å²) >= 11 is 0. The minimum Gasteiger partial charge on any atom is -0.454 e. The molecule has 2 heterocycles. The van der Waals surface area contributed by atoms with Crippen LogP contribution >= 0.6 is 0 Å². The van der Waals surface area contributed by atoms with Gasteiger partial charge in [0.25, 0.3) is 5.91 Å². The maximum Gasteiger partial charge on any atom is 0.256 e. The van der Waals surface area contributed by atoms with Crippen molar-refractivity contribution >= 4 is 17.9 Å². The van der Waals surface area contributed by atoms with Gasteiger partial charge >= 0.3 is 0 Å². The zero-order valence-corrected chi connectivity index (χ0v) is 14.2. The van der Waals surface area contributed by atoms with Crippen molar-refractivity contribution < 1.29 is 19.1 Å². The van der Waals surface area contributed by atoms with Crippen LogP contribution in [0.5, 0.6) is 11.5 Å². The van der Waals surface area contributed by atoms with Gasteiger partial charge in [0.15, 0.2) is 17.3 Å². The number of hydrazone groups is 1. The summed E-state index contributed by atoms with van der Waals surface area (Å²) in [7, 11) is 0. The molecule has 1 atom stereocenters. The van der Waals surface area contributed by atoms with Crippen molar-refractivity contribution in [2.75, 3.05) is 13.3 Å². The number of fused-ring (bicyclic) bond motifs is 1. The van der Waals surface area contributed by atoms with Gasteiger partial charge in [-0.3, -0.25) is 9.59 Å². The molecule has 1 unspecified atom stereocenters. The molecule has 2 aliphatic heterocycles. The van der Waals surface area contributed by atoms with E-state index in [9.17, 15) is 9.59 Å². The number of ether oxygens (including phenoxy) is 2. The topological polar surface area (TPSA) is 68.2 Å². The van der Waals surface area contributed by atoms with E-state index in [0.717, 1.165) is 5.56 Å². The van der Waals surface area contributed by atoms with Gasteiger partial charge in [-0.2, -0.15) is 5.10 Å². The highest BCUT2D eigenvalue weighted by molar-refractivity contribution is 6.09. The molecule has 0 N–H and O–H groups in total. The number of hydrogen-bond acceptors (Lipinski definition) is 5. The third-order valence-electron chi connectivity index (χ3n) is 4.96. The lowest BCUT2D eigenvalue weighted by molar-refractivity contribution is -0.158. The van der Waals surface area contributed by atoms with Crippen LogP contribution < -0.4 is 9.47 Å². The van der Waals surface area contributed by atoms with Gasteiger partial charge in [-0.25, -0.2) is 5.01 Å². The molecule has 128 valence electrons. The quantitative estimate of drug-likeness (QED) is 0.628. The van der Waals surface area contributed by atoms with E-state index in [1.54, 1.807) is 6.21 Å². The molecule has 0 radical (unpaired) electrons. The highest BCUT2D eigenvalue weighted by Crippen LogP contribution is 2.37. The van der Waals surface area contributed by atoms with Crippen LogP contribution in [-0.4, -0.2) is 36.3 Å². The summed E-state index contributed by atoms with van der Waals surface area (Å²) in [6.45, 7) is 6.17. The van der Waals surface area contributed by atoms with Gasteiger partial charge in [-0.1, -0.05) is 20.8 Å². The first-order valence-corrected chi connectivity index (χ1v) is 8.31. The predicted molar refractivity (Wildman–Crippen MR) is 89.1 cm³/mol. The van der Waals surface area contributed by atoms with Crippen LogP contribution in [0.25, 0.3) is 0 Å². The minimum absolute atomic E-state index is 0.0343. The molecule has 1 saturated heterocycles. The molecule has 0 aliphatic carbocycles. The normalized spacial score (nSPS) is 22.5. The van der Waals surface area contributed by atoms with E-state index in [4.69, 9.17) is 9.47 Å². The van der Waals surface area contributed by atoms with Crippen molar-refractivity contribution in [2.24, 2.45) is 16.4 Å². The molecule has 1 aromatic carbocycles. The average Bonchev–Trinajstić information content (AvgIpc) is 3.06. The Balaban J connectivity index is 1.84. The maximum absolute atomic E-state index is 12.8. The van der Waals surface area contributed by atoms with Gasteiger partial charge in [0.1, 0.15) is 5.41 Å². The van der Waals surface area contributed by atoms with Gasteiger partial charge in [0, 0.05) is 5.92 Å². The van der Waals surface area contributed by atoms with Crippen LogP contribution in [0.1, 0.15) is 39.2 Å². The molecule has 24 heavy (non-hydrogen) atoms. The van der Waals surface area contributed by atoms with E-state index in [1.165, 1.54) is 5.01 Å². The summed E-state index contributed by atoms with van der Waals surface area (Å²) in [6.07, 6.45) is 2.63. The second kappa shape index (κ2) is 6.26. The van der Waals surface area contributed by atoms with Gasteiger partial charge in [-0.05, 0) is 36.6 Å². The number of hydrogen-bond donors (Lipinski definition) is 0.